The molecule has 1 saturated heterocycles. The van der Waals surface area contributed by atoms with Crippen molar-refractivity contribution in [1.82, 2.24) is 5.32 Å². The van der Waals surface area contributed by atoms with Gasteiger partial charge in [0.05, 0.1) is 12.5 Å². The molecule has 18 heavy (non-hydrogen) atoms. The number of nitrogens with one attached hydrogen (secondary N) is 1. The highest BCUT2D eigenvalue weighted by molar-refractivity contribution is 5.95. The van der Waals surface area contributed by atoms with Crippen LogP contribution in [-0.4, -0.2) is 36.6 Å². The molecule has 5 nitrogen and oxygen atoms in total. The van der Waals surface area contributed by atoms with E-state index in [4.69, 9.17) is 5.11 Å². The first kappa shape index (κ1) is 12.6. The van der Waals surface area contributed by atoms with E-state index in [9.17, 15) is 9.59 Å². The topological polar surface area (TPSA) is 69.6 Å². The highest BCUT2D eigenvalue weighted by Crippen LogP contribution is 2.18. The van der Waals surface area contributed by atoms with E-state index >= 15 is 0 Å². The fourth-order valence-electron chi connectivity index (χ4n) is 1.98. The van der Waals surface area contributed by atoms with Gasteiger partial charge in [0.25, 0.3) is 0 Å². The number of hydrogen-bond donors (Lipinski definition) is 2. The van der Waals surface area contributed by atoms with Crippen molar-refractivity contribution in [2.75, 3.05) is 24.5 Å². The van der Waals surface area contributed by atoms with E-state index in [1.54, 1.807) is 0 Å². The Bertz CT molecular complexity index is 456. The second kappa shape index (κ2) is 5.18. The molecule has 0 spiro atoms. The number of anilines is 1. The zero-order valence-corrected chi connectivity index (χ0v) is 10.2. The Kier molecular flexibility index (Phi) is 3.62. The zero-order valence-electron chi connectivity index (χ0n) is 10.2. The molecule has 1 unspecified atom stereocenters. The molecule has 0 radical (unpaired) electrons. The van der Waals surface area contributed by atoms with E-state index in [0.29, 0.717) is 6.54 Å². The molecule has 1 amide bonds. The monoisotopic (exact) mass is 248 g/mol. The average Bonchev–Trinajstić information content (AvgIpc) is 2.52. The van der Waals surface area contributed by atoms with Crippen molar-refractivity contribution >= 4 is 17.6 Å². The van der Waals surface area contributed by atoms with Crippen LogP contribution in [-0.2, 0) is 9.59 Å². The number of benzene rings is 1. The molecule has 1 fully saturated rings. The number of carbonyl (C=O) groups is 2. The molecule has 1 aliphatic heterocycles. The van der Waals surface area contributed by atoms with Gasteiger partial charge in [0.1, 0.15) is 0 Å². The predicted molar refractivity (Wildman–Crippen MR) is 67.5 cm³/mol. The number of carboxylic acid groups (broad SMARTS) is 1. The van der Waals surface area contributed by atoms with Gasteiger partial charge < -0.3 is 15.3 Å². The molecule has 2 N–H and O–H groups in total. The second-order valence-corrected chi connectivity index (χ2v) is 4.51. The summed E-state index contributed by atoms with van der Waals surface area (Å²) in [6, 6.07) is 7.52. The Balaban J connectivity index is 2.24. The summed E-state index contributed by atoms with van der Waals surface area (Å²) < 4.78 is 0. The van der Waals surface area contributed by atoms with Crippen molar-refractivity contribution in [3.8, 4) is 0 Å². The molecule has 0 saturated carbocycles. The molecular weight excluding hydrogens is 232 g/mol. The minimum atomic E-state index is -0.880. The van der Waals surface area contributed by atoms with Crippen LogP contribution in [0.2, 0.25) is 0 Å². The summed E-state index contributed by atoms with van der Waals surface area (Å²) in [5.41, 5.74) is 1.86. The summed E-state index contributed by atoms with van der Waals surface area (Å²) in [6.45, 7) is 2.68. The molecule has 1 aliphatic rings. The molecule has 1 atom stereocenters. The van der Waals surface area contributed by atoms with Gasteiger partial charge in [-0.05, 0) is 19.1 Å². The third-order valence-electron chi connectivity index (χ3n) is 3.07. The molecule has 1 heterocycles. The van der Waals surface area contributed by atoms with Crippen molar-refractivity contribution in [2.24, 2.45) is 5.92 Å². The molecular formula is C13H16N2O3. The lowest BCUT2D eigenvalue weighted by molar-refractivity contribution is -0.141. The van der Waals surface area contributed by atoms with Crippen LogP contribution in [0.3, 0.4) is 0 Å². The van der Waals surface area contributed by atoms with Crippen molar-refractivity contribution in [1.29, 1.82) is 0 Å². The van der Waals surface area contributed by atoms with Crippen LogP contribution < -0.4 is 10.2 Å². The summed E-state index contributed by atoms with van der Waals surface area (Å²) in [6.07, 6.45) is 0. The van der Waals surface area contributed by atoms with Gasteiger partial charge in [0.15, 0.2) is 0 Å². The summed E-state index contributed by atoms with van der Waals surface area (Å²) in [4.78, 5) is 24.5. The third kappa shape index (κ3) is 2.68. The largest absolute Gasteiger partial charge is 0.481 e. The SMILES string of the molecule is Cc1ccc(N2CC(C(=O)O)CNCC2=O)cc1. The molecule has 5 heteroatoms. The van der Waals surface area contributed by atoms with Crippen LogP contribution in [0.15, 0.2) is 24.3 Å². The maximum absolute atomic E-state index is 11.9. The number of amides is 1. The maximum Gasteiger partial charge on any atom is 0.309 e. The van der Waals surface area contributed by atoms with E-state index in [-0.39, 0.29) is 19.0 Å². The minimum Gasteiger partial charge on any atom is -0.481 e. The van der Waals surface area contributed by atoms with Gasteiger partial charge in [-0.2, -0.15) is 0 Å². The van der Waals surface area contributed by atoms with Gasteiger partial charge in [0, 0.05) is 18.8 Å². The van der Waals surface area contributed by atoms with E-state index in [0.717, 1.165) is 11.3 Å². The number of rotatable bonds is 2. The molecule has 0 aliphatic carbocycles. The average molecular weight is 248 g/mol. The van der Waals surface area contributed by atoms with Crippen LogP contribution >= 0.6 is 0 Å². The van der Waals surface area contributed by atoms with E-state index < -0.39 is 11.9 Å². The van der Waals surface area contributed by atoms with Crippen LogP contribution in [0.1, 0.15) is 5.56 Å². The van der Waals surface area contributed by atoms with E-state index in [2.05, 4.69) is 5.32 Å². The summed E-state index contributed by atoms with van der Waals surface area (Å²) in [5.74, 6) is -1.55. The lowest BCUT2D eigenvalue weighted by Gasteiger charge is -2.22. The van der Waals surface area contributed by atoms with Crippen LogP contribution in [0, 0.1) is 12.8 Å². The van der Waals surface area contributed by atoms with Gasteiger partial charge in [-0.1, -0.05) is 17.7 Å². The quantitative estimate of drug-likeness (QED) is 0.805. The smallest absolute Gasteiger partial charge is 0.309 e. The second-order valence-electron chi connectivity index (χ2n) is 4.51. The van der Waals surface area contributed by atoms with E-state index in [1.807, 2.05) is 31.2 Å². The van der Waals surface area contributed by atoms with Gasteiger partial charge in [-0.3, -0.25) is 9.59 Å². The Hall–Kier alpha value is -1.88. The van der Waals surface area contributed by atoms with Crippen LogP contribution in [0.5, 0.6) is 0 Å². The van der Waals surface area contributed by atoms with Gasteiger partial charge in [-0.15, -0.1) is 0 Å². The molecule has 0 bridgehead atoms. The number of carboxylic acids is 1. The van der Waals surface area contributed by atoms with Crippen molar-refractivity contribution in [3.63, 3.8) is 0 Å². The number of hydrogen-bond acceptors (Lipinski definition) is 3. The standard InChI is InChI=1S/C13H16N2O3/c1-9-2-4-11(5-3-9)15-8-10(13(17)18)6-14-7-12(15)16/h2-5,10,14H,6-8H2,1H3,(H,17,18). The summed E-state index contributed by atoms with van der Waals surface area (Å²) >= 11 is 0. The fourth-order valence-corrected chi connectivity index (χ4v) is 1.98. The van der Waals surface area contributed by atoms with Crippen LogP contribution in [0.4, 0.5) is 5.69 Å². The maximum atomic E-state index is 11.9. The Morgan fingerprint density at radius 1 is 1.39 bits per heavy atom. The van der Waals surface area contributed by atoms with E-state index in [1.165, 1.54) is 4.90 Å². The number of aryl methyl sites for hydroxylation is 1. The van der Waals surface area contributed by atoms with Crippen LogP contribution in [0.25, 0.3) is 0 Å². The first-order valence-electron chi connectivity index (χ1n) is 5.88. The number of carbonyl (C=O) groups excluding carboxylic acids is 1. The van der Waals surface area contributed by atoms with Gasteiger partial charge >= 0.3 is 5.97 Å². The summed E-state index contributed by atoms with van der Waals surface area (Å²) in [7, 11) is 0. The lowest BCUT2D eigenvalue weighted by atomic mass is 10.1. The van der Waals surface area contributed by atoms with Gasteiger partial charge in [-0.25, -0.2) is 0 Å². The third-order valence-corrected chi connectivity index (χ3v) is 3.07. The number of nitrogens with zero attached hydrogens (tertiary/aromatic N) is 1. The normalized spacial score (nSPS) is 20.6. The molecule has 0 aromatic heterocycles. The van der Waals surface area contributed by atoms with Crippen molar-refractivity contribution < 1.29 is 14.7 Å². The summed E-state index contributed by atoms with van der Waals surface area (Å²) in [5, 5.41) is 11.9. The lowest BCUT2D eigenvalue weighted by Crippen LogP contribution is -2.37. The predicted octanol–water partition coefficient (Wildman–Crippen LogP) is 0.632. The Labute approximate surface area is 105 Å². The molecule has 1 aromatic rings. The highest BCUT2D eigenvalue weighted by Gasteiger charge is 2.28. The molecule has 1 aromatic carbocycles. The molecule has 2 rings (SSSR count). The van der Waals surface area contributed by atoms with Crippen molar-refractivity contribution in [3.05, 3.63) is 29.8 Å². The minimum absolute atomic E-state index is 0.0948. The van der Waals surface area contributed by atoms with Crippen molar-refractivity contribution in [2.45, 2.75) is 6.92 Å². The zero-order chi connectivity index (χ0) is 13.1. The highest BCUT2D eigenvalue weighted by atomic mass is 16.4. The first-order chi connectivity index (χ1) is 8.58. The van der Waals surface area contributed by atoms with Gasteiger partial charge in [0.2, 0.25) is 5.91 Å². The Morgan fingerprint density at radius 3 is 2.67 bits per heavy atom. The molecule has 96 valence electrons. The fraction of sp³-hybridized carbons (Fsp3) is 0.385. The number of aliphatic carboxylic acids is 1. The first-order valence-corrected chi connectivity index (χ1v) is 5.88. The Morgan fingerprint density at radius 2 is 2.06 bits per heavy atom.